The largest absolute Gasteiger partial charge is 0.327 e. The van der Waals surface area contributed by atoms with Crippen molar-refractivity contribution in [3.63, 3.8) is 0 Å². The predicted molar refractivity (Wildman–Crippen MR) is 73.3 cm³/mol. The van der Waals surface area contributed by atoms with Crippen LogP contribution >= 0.6 is 0 Å². The third-order valence-corrected chi connectivity index (χ3v) is 3.72. The zero-order valence-electron chi connectivity index (χ0n) is 10.8. The van der Waals surface area contributed by atoms with Gasteiger partial charge in [0.15, 0.2) is 0 Å². The molecule has 1 atom stereocenters. The van der Waals surface area contributed by atoms with Crippen LogP contribution in [0.5, 0.6) is 0 Å². The molecule has 0 spiro atoms. The normalized spacial score (nSPS) is 20.9. The second-order valence-corrected chi connectivity index (χ2v) is 5.04. The van der Waals surface area contributed by atoms with Gasteiger partial charge in [-0.2, -0.15) is 0 Å². The summed E-state index contributed by atoms with van der Waals surface area (Å²) in [6.45, 7) is 6.14. The van der Waals surface area contributed by atoms with Gasteiger partial charge in [-0.3, -0.25) is 4.90 Å². The van der Waals surface area contributed by atoms with Crippen LogP contribution in [-0.2, 0) is 13.1 Å². The number of aryl methyl sites for hydroxylation is 1. The summed E-state index contributed by atoms with van der Waals surface area (Å²) in [5.74, 6) is 1.16. The van der Waals surface area contributed by atoms with Gasteiger partial charge in [-0.1, -0.05) is 12.1 Å². The second kappa shape index (κ2) is 4.71. The maximum Gasteiger partial charge on any atom is 0.124 e. The number of likely N-dealkylation sites (tertiary alicyclic amines) is 1. The molecule has 1 aromatic carbocycles. The minimum Gasteiger partial charge on any atom is -0.327 e. The highest BCUT2D eigenvalue weighted by Gasteiger charge is 2.21. The molecule has 1 aliphatic heterocycles. The summed E-state index contributed by atoms with van der Waals surface area (Å²) in [6.07, 6.45) is 1.10. The highest BCUT2D eigenvalue weighted by Crippen LogP contribution is 2.18. The minimum atomic E-state index is 0.337. The van der Waals surface area contributed by atoms with Gasteiger partial charge in [0, 0.05) is 25.7 Å². The van der Waals surface area contributed by atoms with Crippen LogP contribution in [0.2, 0.25) is 0 Å². The number of hydrogen-bond acceptors (Lipinski definition) is 3. The van der Waals surface area contributed by atoms with Crippen molar-refractivity contribution >= 4 is 11.0 Å². The Kier molecular flexibility index (Phi) is 3.06. The Balaban J connectivity index is 1.91. The second-order valence-electron chi connectivity index (χ2n) is 5.04. The number of nitrogens with zero attached hydrogens (tertiary/aromatic N) is 3. The summed E-state index contributed by atoms with van der Waals surface area (Å²) in [7, 11) is 0. The molecule has 4 heteroatoms. The monoisotopic (exact) mass is 244 g/mol. The van der Waals surface area contributed by atoms with E-state index < -0.39 is 0 Å². The summed E-state index contributed by atoms with van der Waals surface area (Å²) < 4.78 is 2.30. The van der Waals surface area contributed by atoms with Crippen LogP contribution in [0.3, 0.4) is 0 Å². The summed E-state index contributed by atoms with van der Waals surface area (Å²) in [5.41, 5.74) is 8.29. The fraction of sp³-hybridized carbons (Fsp3) is 0.500. The van der Waals surface area contributed by atoms with E-state index in [9.17, 15) is 0 Å². The zero-order valence-corrected chi connectivity index (χ0v) is 10.8. The van der Waals surface area contributed by atoms with E-state index in [0.717, 1.165) is 43.9 Å². The fourth-order valence-corrected chi connectivity index (χ4v) is 2.81. The Morgan fingerprint density at radius 1 is 1.39 bits per heavy atom. The Labute approximate surface area is 107 Å². The van der Waals surface area contributed by atoms with E-state index in [4.69, 9.17) is 10.7 Å². The van der Waals surface area contributed by atoms with E-state index in [2.05, 4.69) is 34.6 Å². The van der Waals surface area contributed by atoms with E-state index in [1.165, 1.54) is 5.52 Å². The molecule has 1 unspecified atom stereocenters. The number of fused-ring (bicyclic) bond motifs is 1. The van der Waals surface area contributed by atoms with Gasteiger partial charge < -0.3 is 10.3 Å². The molecular formula is C14H20N4. The van der Waals surface area contributed by atoms with E-state index >= 15 is 0 Å². The number of para-hydroxylation sites is 2. The molecule has 0 aliphatic carbocycles. The Morgan fingerprint density at radius 2 is 2.22 bits per heavy atom. The average Bonchev–Trinajstić information content (AvgIpc) is 2.92. The van der Waals surface area contributed by atoms with E-state index in [-0.39, 0.29) is 0 Å². The number of benzene rings is 1. The molecule has 2 N–H and O–H groups in total. The van der Waals surface area contributed by atoms with Crippen molar-refractivity contribution < 1.29 is 0 Å². The predicted octanol–water partition coefficient (Wildman–Crippen LogP) is 1.59. The van der Waals surface area contributed by atoms with Gasteiger partial charge >= 0.3 is 0 Å². The summed E-state index contributed by atoms with van der Waals surface area (Å²) in [4.78, 5) is 7.15. The molecule has 0 radical (unpaired) electrons. The minimum absolute atomic E-state index is 0.337. The first-order chi connectivity index (χ1) is 8.78. The van der Waals surface area contributed by atoms with Crippen molar-refractivity contribution in [2.75, 3.05) is 13.1 Å². The topological polar surface area (TPSA) is 47.1 Å². The van der Waals surface area contributed by atoms with Crippen molar-refractivity contribution in [1.82, 2.24) is 14.5 Å². The number of nitrogens with two attached hydrogens (primary N) is 1. The van der Waals surface area contributed by atoms with Crippen LogP contribution in [0, 0.1) is 0 Å². The molecule has 1 saturated heterocycles. The molecule has 18 heavy (non-hydrogen) atoms. The van der Waals surface area contributed by atoms with Crippen molar-refractivity contribution in [3.8, 4) is 0 Å². The van der Waals surface area contributed by atoms with E-state index in [1.54, 1.807) is 0 Å². The third kappa shape index (κ3) is 2.02. The van der Waals surface area contributed by atoms with Gasteiger partial charge in [0.2, 0.25) is 0 Å². The van der Waals surface area contributed by atoms with E-state index in [1.807, 2.05) is 6.07 Å². The quantitative estimate of drug-likeness (QED) is 0.892. The smallest absolute Gasteiger partial charge is 0.124 e. The van der Waals surface area contributed by atoms with Gasteiger partial charge in [-0.05, 0) is 25.5 Å². The fourth-order valence-electron chi connectivity index (χ4n) is 2.81. The standard InChI is InChI=1S/C14H20N4/c1-2-18-13-6-4-3-5-12(13)16-14(18)10-17-8-7-11(15)9-17/h3-6,11H,2,7-10,15H2,1H3. The molecule has 96 valence electrons. The van der Waals surface area contributed by atoms with Crippen molar-refractivity contribution in [3.05, 3.63) is 30.1 Å². The number of imidazole rings is 1. The lowest BCUT2D eigenvalue weighted by Crippen LogP contribution is -2.27. The first-order valence-corrected chi connectivity index (χ1v) is 6.70. The van der Waals surface area contributed by atoms with Crippen LogP contribution in [0.4, 0.5) is 0 Å². The van der Waals surface area contributed by atoms with Crippen molar-refractivity contribution in [2.45, 2.75) is 32.5 Å². The van der Waals surface area contributed by atoms with Crippen LogP contribution in [0.15, 0.2) is 24.3 Å². The number of aromatic nitrogens is 2. The highest BCUT2D eigenvalue weighted by molar-refractivity contribution is 5.75. The lowest BCUT2D eigenvalue weighted by atomic mass is 10.3. The van der Waals surface area contributed by atoms with Gasteiger partial charge in [-0.25, -0.2) is 4.98 Å². The molecule has 2 aromatic rings. The molecular weight excluding hydrogens is 224 g/mol. The Hall–Kier alpha value is -1.39. The molecule has 4 nitrogen and oxygen atoms in total. The molecule has 0 bridgehead atoms. The number of hydrogen-bond donors (Lipinski definition) is 1. The maximum atomic E-state index is 5.96. The first kappa shape index (κ1) is 11.7. The lowest BCUT2D eigenvalue weighted by Gasteiger charge is -2.15. The van der Waals surface area contributed by atoms with Crippen LogP contribution in [-0.4, -0.2) is 33.6 Å². The lowest BCUT2D eigenvalue weighted by molar-refractivity contribution is 0.313. The maximum absolute atomic E-state index is 5.96. The molecule has 1 fully saturated rings. The molecule has 0 amide bonds. The molecule has 1 aliphatic rings. The SMILES string of the molecule is CCn1c(CN2CCC(N)C2)nc2ccccc21. The van der Waals surface area contributed by atoms with Crippen LogP contribution < -0.4 is 5.73 Å². The highest BCUT2D eigenvalue weighted by atomic mass is 15.2. The van der Waals surface area contributed by atoms with E-state index in [0.29, 0.717) is 6.04 Å². The zero-order chi connectivity index (χ0) is 12.5. The van der Waals surface area contributed by atoms with Crippen molar-refractivity contribution in [1.29, 1.82) is 0 Å². The van der Waals surface area contributed by atoms with Gasteiger partial charge in [0.1, 0.15) is 5.82 Å². The first-order valence-electron chi connectivity index (χ1n) is 6.70. The van der Waals surface area contributed by atoms with Crippen LogP contribution in [0.25, 0.3) is 11.0 Å². The summed E-state index contributed by atoms with van der Waals surface area (Å²) >= 11 is 0. The van der Waals surface area contributed by atoms with Crippen molar-refractivity contribution in [2.24, 2.45) is 5.73 Å². The third-order valence-electron chi connectivity index (χ3n) is 3.72. The van der Waals surface area contributed by atoms with Gasteiger partial charge in [0.05, 0.1) is 17.6 Å². The summed E-state index contributed by atoms with van der Waals surface area (Å²) in [5, 5.41) is 0. The molecule has 2 heterocycles. The Bertz CT molecular complexity index is 546. The molecule has 0 saturated carbocycles. The average molecular weight is 244 g/mol. The van der Waals surface area contributed by atoms with Gasteiger partial charge in [-0.15, -0.1) is 0 Å². The summed E-state index contributed by atoms with van der Waals surface area (Å²) in [6, 6.07) is 8.69. The number of rotatable bonds is 3. The molecule has 3 rings (SSSR count). The molecule has 1 aromatic heterocycles. The Morgan fingerprint density at radius 3 is 2.94 bits per heavy atom. The van der Waals surface area contributed by atoms with Gasteiger partial charge in [0.25, 0.3) is 0 Å². The van der Waals surface area contributed by atoms with Crippen LogP contribution in [0.1, 0.15) is 19.2 Å².